The zero-order valence-corrected chi connectivity index (χ0v) is 18.2. The van der Waals surface area contributed by atoms with Crippen LogP contribution >= 0.6 is 11.6 Å². The van der Waals surface area contributed by atoms with Gasteiger partial charge in [-0.15, -0.1) is 0 Å². The zero-order valence-electron chi connectivity index (χ0n) is 17.4. The standard InChI is InChI=1S/C22H22ClN5O3/c1-5-15(29)8-14-9-16(30-3)6-7-18(14)26-21-17(23)12-25-22(28-21)27-19-10-20(31-4)24-11-13(19)2/h5-7,9-12H,1,8H2,2-4H3,(H2,24,25,26,27,28). The second-order valence-corrected chi connectivity index (χ2v) is 6.96. The van der Waals surface area contributed by atoms with Crippen LogP contribution in [0.25, 0.3) is 0 Å². The normalized spacial score (nSPS) is 10.3. The quantitative estimate of drug-likeness (QED) is 0.465. The van der Waals surface area contributed by atoms with Gasteiger partial charge in [-0.2, -0.15) is 4.98 Å². The number of ketones is 1. The number of carbonyl (C=O) groups excluding carboxylic acids is 1. The van der Waals surface area contributed by atoms with Crippen LogP contribution in [0, 0.1) is 6.92 Å². The first-order valence-corrected chi connectivity index (χ1v) is 9.70. The van der Waals surface area contributed by atoms with Crippen molar-refractivity contribution in [2.24, 2.45) is 0 Å². The lowest BCUT2D eigenvalue weighted by Crippen LogP contribution is -2.06. The molecular weight excluding hydrogens is 418 g/mol. The summed E-state index contributed by atoms with van der Waals surface area (Å²) in [6.45, 7) is 5.44. The number of allylic oxidation sites excluding steroid dienone is 1. The number of methoxy groups -OCH3 is 2. The molecule has 0 radical (unpaired) electrons. The molecule has 0 aliphatic rings. The molecule has 9 heteroatoms. The number of nitrogens with one attached hydrogen (secondary N) is 2. The summed E-state index contributed by atoms with van der Waals surface area (Å²) in [5.74, 6) is 1.70. The van der Waals surface area contributed by atoms with E-state index in [1.54, 1.807) is 44.7 Å². The van der Waals surface area contributed by atoms with Crippen molar-refractivity contribution in [2.45, 2.75) is 13.3 Å². The van der Waals surface area contributed by atoms with Crippen LogP contribution in [0.5, 0.6) is 11.6 Å². The Morgan fingerprint density at radius 1 is 1.13 bits per heavy atom. The number of ether oxygens (including phenoxy) is 2. The molecule has 0 atom stereocenters. The molecule has 0 saturated carbocycles. The number of nitrogens with zero attached hydrogens (tertiary/aromatic N) is 3. The number of halogens is 1. The van der Waals surface area contributed by atoms with Gasteiger partial charge in [-0.25, -0.2) is 9.97 Å². The van der Waals surface area contributed by atoms with Gasteiger partial charge in [0.25, 0.3) is 0 Å². The van der Waals surface area contributed by atoms with E-state index in [1.165, 1.54) is 12.3 Å². The van der Waals surface area contributed by atoms with Crippen LogP contribution in [-0.4, -0.2) is 35.0 Å². The summed E-state index contributed by atoms with van der Waals surface area (Å²) in [7, 11) is 3.11. The molecule has 2 aromatic heterocycles. The summed E-state index contributed by atoms with van der Waals surface area (Å²) < 4.78 is 10.4. The first-order chi connectivity index (χ1) is 14.9. The lowest BCUT2D eigenvalue weighted by molar-refractivity contribution is -0.114. The summed E-state index contributed by atoms with van der Waals surface area (Å²) in [6.07, 6.45) is 4.63. The number of rotatable bonds is 9. The van der Waals surface area contributed by atoms with Gasteiger partial charge in [0.15, 0.2) is 11.6 Å². The second-order valence-electron chi connectivity index (χ2n) is 6.55. The van der Waals surface area contributed by atoms with Crippen LogP contribution in [0.2, 0.25) is 5.02 Å². The monoisotopic (exact) mass is 439 g/mol. The predicted molar refractivity (Wildman–Crippen MR) is 121 cm³/mol. The molecular formula is C22H22ClN5O3. The molecule has 0 amide bonds. The molecule has 0 aliphatic carbocycles. The van der Waals surface area contributed by atoms with Crippen molar-refractivity contribution in [3.8, 4) is 11.6 Å². The van der Waals surface area contributed by atoms with Crippen molar-refractivity contribution in [1.29, 1.82) is 0 Å². The molecule has 8 nitrogen and oxygen atoms in total. The van der Waals surface area contributed by atoms with E-state index < -0.39 is 0 Å². The number of hydrogen-bond acceptors (Lipinski definition) is 8. The first-order valence-electron chi connectivity index (χ1n) is 9.33. The molecule has 160 valence electrons. The van der Waals surface area contributed by atoms with E-state index >= 15 is 0 Å². The Hall–Kier alpha value is -3.65. The number of pyridine rings is 1. The third-order valence-corrected chi connectivity index (χ3v) is 4.71. The summed E-state index contributed by atoms with van der Waals surface area (Å²) in [6, 6.07) is 7.12. The average molecular weight is 440 g/mol. The zero-order chi connectivity index (χ0) is 22.4. The Labute approximate surface area is 185 Å². The Kier molecular flexibility index (Phi) is 7.04. The summed E-state index contributed by atoms with van der Waals surface area (Å²) in [4.78, 5) is 24.8. The minimum absolute atomic E-state index is 0.116. The highest BCUT2D eigenvalue weighted by molar-refractivity contribution is 6.32. The highest BCUT2D eigenvalue weighted by Crippen LogP contribution is 2.30. The van der Waals surface area contributed by atoms with Crippen molar-refractivity contribution in [3.05, 3.63) is 65.5 Å². The van der Waals surface area contributed by atoms with Crippen molar-refractivity contribution in [3.63, 3.8) is 0 Å². The number of benzene rings is 1. The van der Waals surface area contributed by atoms with Crippen LogP contribution in [0.1, 0.15) is 11.1 Å². The maximum atomic E-state index is 11.9. The van der Waals surface area contributed by atoms with E-state index in [4.69, 9.17) is 21.1 Å². The predicted octanol–water partition coefficient (Wildman–Crippen LogP) is 4.64. The average Bonchev–Trinajstić information content (AvgIpc) is 2.78. The number of aromatic nitrogens is 3. The third kappa shape index (κ3) is 5.49. The van der Waals surface area contributed by atoms with E-state index in [-0.39, 0.29) is 12.2 Å². The molecule has 3 aromatic rings. The fraction of sp³-hybridized carbons (Fsp3) is 0.182. The number of anilines is 4. The molecule has 1 aromatic carbocycles. The maximum absolute atomic E-state index is 11.9. The van der Waals surface area contributed by atoms with Crippen molar-refractivity contribution >= 4 is 40.5 Å². The van der Waals surface area contributed by atoms with Crippen molar-refractivity contribution < 1.29 is 14.3 Å². The molecule has 31 heavy (non-hydrogen) atoms. The van der Waals surface area contributed by atoms with Gasteiger partial charge in [-0.3, -0.25) is 4.79 Å². The Bertz CT molecular complexity index is 1120. The number of hydrogen-bond donors (Lipinski definition) is 2. The van der Waals surface area contributed by atoms with E-state index in [0.29, 0.717) is 34.1 Å². The summed E-state index contributed by atoms with van der Waals surface area (Å²) in [5, 5.41) is 6.65. The van der Waals surface area contributed by atoms with Crippen molar-refractivity contribution in [2.75, 3.05) is 24.9 Å². The lowest BCUT2D eigenvalue weighted by Gasteiger charge is -2.15. The van der Waals surface area contributed by atoms with Gasteiger partial charge >= 0.3 is 0 Å². The van der Waals surface area contributed by atoms with E-state index in [2.05, 4.69) is 32.2 Å². The minimum atomic E-state index is -0.116. The van der Waals surface area contributed by atoms with Crippen LogP contribution in [-0.2, 0) is 11.2 Å². The third-order valence-electron chi connectivity index (χ3n) is 4.44. The molecule has 2 heterocycles. The molecule has 2 N–H and O–H groups in total. The smallest absolute Gasteiger partial charge is 0.229 e. The fourth-order valence-corrected chi connectivity index (χ4v) is 2.88. The van der Waals surface area contributed by atoms with Crippen LogP contribution in [0.15, 0.2) is 49.3 Å². The fourth-order valence-electron chi connectivity index (χ4n) is 2.74. The van der Waals surface area contributed by atoms with Crippen LogP contribution in [0.4, 0.5) is 23.1 Å². The molecule has 0 unspecified atom stereocenters. The molecule has 3 rings (SSSR count). The highest BCUT2D eigenvalue weighted by atomic mass is 35.5. The molecule has 0 fully saturated rings. The van der Waals surface area contributed by atoms with Gasteiger partial charge in [0.1, 0.15) is 10.8 Å². The van der Waals surface area contributed by atoms with Gasteiger partial charge in [0.05, 0.1) is 26.1 Å². The Morgan fingerprint density at radius 2 is 1.94 bits per heavy atom. The summed E-state index contributed by atoms with van der Waals surface area (Å²) >= 11 is 6.32. The number of carbonyl (C=O) groups is 1. The Balaban J connectivity index is 1.91. The van der Waals surface area contributed by atoms with Gasteiger partial charge in [-0.05, 0) is 42.3 Å². The van der Waals surface area contributed by atoms with E-state index in [1.807, 2.05) is 6.92 Å². The first kappa shape index (κ1) is 22.0. The van der Waals surface area contributed by atoms with Crippen LogP contribution < -0.4 is 20.1 Å². The van der Waals surface area contributed by atoms with Crippen molar-refractivity contribution in [1.82, 2.24) is 15.0 Å². The highest BCUT2D eigenvalue weighted by Gasteiger charge is 2.13. The molecule has 0 saturated heterocycles. The van der Waals surface area contributed by atoms with Gasteiger partial charge in [0.2, 0.25) is 11.8 Å². The van der Waals surface area contributed by atoms with E-state index in [0.717, 1.165) is 16.8 Å². The van der Waals surface area contributed by atoms with Gasteiger partial charge in [0, 0.05) is 24.4 Å². The molecule has 0 aliphatic heterocycles. The number of aryl methyl sites for hydroxylation is 1. The topological polar surface area (TPSA) is 98.3 Å². The van der Waals surface area contributed by atoms with E-state index in [9.17, 15) is 4.79 Å². The van der Waals surface area contributed by atoms with Crippen LogP contribution in [0.3, 0.4) is 0 Å². The lowest BCUT2D eigenvalue weighted by atomic mass is 10.1. The Morgan fingerprint density at radius 3 is 2.65 bits per heavy atom. The maximum Gasteiger partial charge on any atom is 0.229 e. The molecule has 0 spiro atoms. The minimum Gasteiger partial charge on any atom is -0.497 e. The summed E-state index contributed by atoms with van der Waals surface area (Å²) in [5.41, 5.74) is 3.04. The largest absolute Gasteiger partial charge is 0.497 e. The second kappa shape index (κ2) is 9.90. The van der Waals surface area contributed by atoms with Gasteiger partial charge < -0.3 is 20.1 Å². The van der Waals surface area contributed by atoms with Gasteiger partial charge in [-0.1, -0.05) is 18.2 Å². The SMILES string of the molecule is C=CC(=O)Cc1cc(OC)ccc1Nc1nc(Nc2cc(OC)ncc2C)ncc1Cl. The molecule has 0 bridgehead atoms.